The van der Waals surface area contributed by atoms with Crippen molar-refractivity contribution in [2.75, 3.05) is 26.9 Å². The zero-order valence-corrected chi connectivity index (χ0v) is 12.0. The third-order valence-corrected chi connectivity index (χ3v) is 2.55. The Hall–Kier alpha value is -2.52. The van der Waals surface area contributed by atoms with Crippen molar-refractivity contribution >= 4 is 12.0 Å². The molecule has 0 radical (unpaired) electrons. The van der Waals surface area contributed by atoms with E-state index >= 15 is 0 Å². The molecule has 2 N–H and O–H groups in total. The number of carbonyl (C=O) groups is 1. The van der Waals surface area contributed by atoms with Gasteiger partial charge in [0.25, 0.3) is 5.91 Å². The van der Waals surface area contributed by atoms with Crippen molar-refractivity contribution in [1.82, 2.24) is 5.32 Å². The van der Waals surface area contributed by atoms with Crippen molar-refractivity contribution in [3.05, 3.63) is 29.3 Å². The predicted octanol–water partition coefficient (Wildman–Crippen LogP) is 1.46. The molecule has 0 heterocycles. The maximum Gasteiger partial charge on any atom is 0.262 e. The van der Waals surface area contributed by atoms with Crippen LogP contribution in [0.4, 0.5) is 0 Å². The molecular weight excluding hydrogens is 272 g/mol. The van der Waals surface area contributed by atoms with Crippen LogP contribution in [0.2, 0.25) is 0 Å². The average Bonchev–Trinajstić information content (AvgIpc) is 2.48. The van der Waals surface area contributed by atoms with E-state index < -0.39 is 5.91 Å². The van der Waals surface area contributed by atoms with Crippen LogP contribution in [-0.2, 0) is 9.53 Å². The van der Waals surface area contributed by atoms with Gasteiger partial charge in [-0.05, 0) is 30.7 Å². The zero-order valence-electron chi connectivity index (χ0n) is 12.0. The van der Waals surface area contributed by atoms with E-state index in [1.165, 1.54) is 19.3 Å². The van der Waals surface area contributed by atoms with Gasteiger partial charge in [-0.1, -0.05) is 6.07 Å². The molecule has 0 aliphatic rings. The fraction of sp³-hybridized carbons (Fsp3) is 0.333. The van der Waals surface area contributed by atoms with E-state index in [0.717, 1.165) is 0 Å². The lowest BCUT2D eigenvalue weighted by atomic mass is 10.1. The Labute approximate surface area is 123 Å². The molecule has 0 unspecified atom stereocenters. The number of aromatic hydroxyl groups is 1. The summed E-state index contributed by atoms with van der Waals surface area (Å²) in [4.78, 5) is 11.8. The van der Waals surface area contributed by atoms with Crippen LogP contribution in [0, 0.1) is 11.3 Å². The first-order valence-electron chi connectivity index (χ1n) is 6.47. The van der Waals surface area contributed by atoms with E-state index in [1.807, 2.05) is 6.07 Å². The van der Waals surface area contributed by atoms with Crippen molar-refractivity contribution in [1.29, 1.82) is 5.26 Å². The molecule has 0 atom stereocenters. The molecule has 1 aromatic carbocycles. The topological polar surface area (TPSA) is 91.6 Å². The standard InChI is InChI=1S/C15H18N2O4/c1-3-21-14-9-11(4-5-13(14)18)8-12(10-16)15(19)17-6-7-20-2/h4-5,8-9,18H,3,6-7H2,1-2H3,(H,17,19). The molecule has 21 heavy (non-hydrogen) atoms. The number of hydrogen-bond acceptors (Lipinski definition) is 5. The maximum atomic E-state index is 11.8. The second kappa shape index (κ2) is 8.61. The minimum Gasteiger partial charge on any atom is -0.504 e. The van der Waals surface area contributed by atoms with Gasteiger partial charge in [0.05, 0.1) is 13.2 Å². The number of nitriles is 1. The summed E-state index contributed by atoms with van der Waals surface area (Å²) in [6, 6.07) is 6.46. The van der Waals surface area contributed by atoms with Crippen LogP contribution >= 0.6 is 0 Å². The highest BCUT2D eigenvalue weighted by atomic mass is 16.5. The predicted molar refractivity (Wildman–Crippen MR) is 77.8 cm³/mol. The lowest BCUT2D eigenvalue weighted by Gasteiger charge is -2.07. The van der Waals surface area contributed by atoms with Crippen LogP contribution in [-0.4, -0.2) is 37.9 Å². The lowest BCUT2D eigenvalue weighted by molar-refractivity contribution is -0.117. The number of methoxy groups -OCH3 is 1. The Morgan fingerprint density at radius 1 is 1.52 bits per heavy atom. The van der Waals surface area contributed by atoms with Crippen LogP contribution in [0.3, 0.4) is 0 Å². The number of phenolic OH excluding ortho intramolecular Hbond substituents is 1. The quantitative estimate of drug-likeness (QED) is 0.450. The van der Waals surface area contributed by atoms with Gasteiger partial charge in [0.1, 0.15) is 11.6 Å². The van der Waals surface area contributed by atoms with Gasteiger partial charge in [0.15, 0.2) is 11.5 Å². The minimum absolute atomic E-state index is 0.0112. The number of ether oxygens (including phenoxy) is 2. The molecule has 0 aromatic heterocycles. The summed E-state index contributed by atoms with van der Waals surface area (Å²) in [5.41, 5.74) is 0.564. The summed E-state index contributed by atoms with van der Waals surface area (Å²) in [5.74, 6) is -0.152. The molecule has 0 fully saturated rings. The Morgan fingerprint density at radius 3 is 2.90 bits per heavy atom. The van der Waals surface area contributed by atoms with Crippen molar-refractivity contribution in [3.8, 4) is 17.6 Å². The SMILES string of the molecule is CCOc1cc(C=C(C#N)C(=O)NCCOC)ccc1O. The van der Waals surface area contributed by atoms with Crippen LogP contribution in [0.15, 0.2) is 23.8 Å². The van der Waals surface area contributed by atoms with Gasteiger partial charge in [-0.15, -0.1) is 0 Å². The van der Waals surface area contributed by atoms with Gasteiger partial charge in [-0.3, -0.25) is 4.79 Å². The van der Waals surface area contributed by atoms with Crippen molar-refractivity contribution in [2.24, 2.45) is 0 Å². The zero-order chi connectivity index (χ0) is 15.7. The van der Waals surface area contributed by atoms with E-state index in [9.17, 15) is 9.90 Å². The van der Waals surface area contributed by atoms with E-state index in [0.29, 0.717) is 31.1 Å². The van der Waals surface area contributed by atoms with Gasteiger partial charge in [0, 0.05) is 13.7 Å². The molecule has 0 spiro atoms. The fourth-order valence-electron chi connectivity index (χ4n) is 1.57. The summed E-state index contributed by atoms with van der Waals surface area (Å²) in [6.45, 7) is 2.90. The number of nitrogens with zero attached hydrogens (tertiary/aromatic N) is 1. The van der Waals surface area contributed by atoms with Crippen molar-refractivity contribution in [2.45, 2.75) is 6.92 Å². The highest BCUT2D eigenvalue weighted by molar-refractivity contribution is 6.01. The first kappa shape index (κ1) is 16.5. The van der Waals surface area contributed by atoms with Gasteiger partial charge in [0.2, 0.25) is 0 Å². The highest BCUT2D eigenvalue weighted by Crippen LogP contribution is 2.27. The van der Waals surface area contributed by atoms with Gasteiger partial charge in [-0.2, -0.15) is 5.26 Å². The number of hydrogen-bond donors (Lipinski definition) is 2. The monoisotopic (exact) mass is 290 g/mol. The summed E-state index contributed by atoms with van der Waals surface area (Å²) < 4.78 is 10.1. The maximum absolute atomic E-state index is 11.8. The molecule has 0 saturated carbocycles. The fourth-order valence-corrected chi connectivity index (χ4v) is 1.57. The normalized spacial score (nSPS) is 10.8. The Kier molecular flexibility index (Phi) is 6.78. The largest absolute Gasteiger partial charge is 0.504 e. The number of phenols is 1. The van der Waals surface area contributed by atoms with Crippen LogP contribution in [0.25, 0.3) is 6.08 Å². The molecule has 112 valence electrons. The minimum atomic E-state index is -0.472. The molecule has 0 aliphatic carbocycles. The first-order chi connectivity index (χ1) is 10.1. The Morgan fingerprint density at radius 2 is 2.29 bits per heavy atom. The Bertz CT molecular complexity index is 561. The smallest absolute Gasteiger partial charge is 0.262 e. The summed E-state index contributed by atoms with van der Waals surface area (Å²) >= 11 is 0. The van der Waals surface area contributed by atoms with E-state index in [-0.39, 0.29) is 11.3 Å². The van der Waals surface area contributed by atoms with Crippen LogP contribution in [0.1, 0.15) is 12.5 Å². The number of amides is 1. The molecule has 1 rings (SSSR count). The van der Waals surface area contributed by atoms with Crippen LogP contribution in [0.5, 0.6) is 11.5 Å². The molecule has 6 nitrogen and oxygen atoms in total. The second-order valence-corrected chi connectivity index (χ2v) is 4.08. The van der Waals surface area contributed by atoms with Gasteiger partial charge < -0.3 is 19.9 Å². The summed E-state index contributed by atoms with van der Waals surface area (Å²) in [5, 5.41) is 21.2. The van der Waals surface area contributed by atoms with E-state index in [2.05, 4.69) is 5.32 Å². The first-order valence-corrected chi connectivity index (χ1v) is 6.47. The van der Waals surface area contributed by atoms with E-state index in [1.54, 1.807) is 19.1 Å². The summed E-state index contributed by atoms with van der Waals surface area (Å²) in [6.07, 6.45) is 1.43. The number of carbonyl (C=O) groups excluding carboxylic acids is 1. The molecular formula is C15H18N2O4. The third kappa shape index (κ3) is 5.16. The Balaban J connectivity index is 2.90. The molecule has 0 aliphatic heterocycles. The number of rotatable bonds is 7. The van der Waals surface area contributed by atoms with Crippen molar-refractivity contribution < 1.29 is 19.4 Å². The number of benzene rings is 1. The molecule has 6 heteroatoms. The summed E-state index contributed by atoms with van der Waals surface area (Å²) in [7, 11) is 1.53. The number of nitrogens with one attached hydrogen (secondary N) is 1. The van der Waals surface area contributed by atoms with Gasteiger partial charge in [-0.25, -0.2) is 0 Å². The molecule has 1 amide bonds. The average molecular weight is 290 g/mol. The van der Waals surface area contributed by atoms with Crippen LogP contribution < -0.4 is 10.1 Å². The molecule has 0 bridgehead atoms. The van der Waals surface area contributed by atoms with E-state index in [4.69, 9.17) is 14.7 Å². The lowest BCUT2D eigenvalue weighted by Crippen LogP contribution is -2.27. The van der Waals surface area contributed by atoms with Gasteiger partial charge >= 0.3 is 0 Å². The van der Waals surface area contributed by atoms with Crippen molar-refractivity contribution in [3.63, 3.8) is 0 Å². The molecule has 0 saturated heterocycles. The molecule has 1 aromatic rings. The third-order valence-electron chi connectivity index (χ3n) is 2.55. The highest BCUT2D eigenvalue weighted by Gasteiger charge is 2.09. The second-order valence-electron chi connectivity index (χ2n) is 4.08.